The number of aromatic nitrogens is 1. The largest absolute Gasteiger partial charge is 0.388 e. The van der Waals surface area contributed by atoms with Gasteiger partial charge in [0.25, 0.3) is 5.56 Å². The van der Waals surface area contributed by atoms with Crippen LogP contribution in [0.5, 0.6) is 0 Å². The van der Waals surface area contributed by atoms with Crippen LogP contribution in [-0.2, 0) is 13.1 Å². The number of aliphatic hydroxyl groups is 1. The summed E-state index contributed by atoms with van der Waals surface area (Å²) in [6.07, 6.45) is 2.92. The van der Waals surface area contributed by atoms with Crippen LogP contribution in [0, 0.1) is 5.82 Å². The van der Waals surface area contributed by atoms with Crippen molar-refractivity contribution in [1.82, 2.24) is 9.47 Å². The average Bonchev–Trinajstić information content (AvgIpc) is 2.55. The van der Waals surface area contributed by atoms with Gasteiger partial charge in [0.15, 0.2) is 0 Å². The zero-order valence-corrected chi connectivity index (χ0v) is 14.9. The molecule has 1 aliphatic heterocycles. The van der Waals surface area contributed by atoms with Crippen molar-refractivity contribution in [2.45, 2.75) is 31.5 Å². The number of nitrogens with zero attached hydrogens (tertiary/aromatic N) is 2. The first kappa shape index (κ1) is 17.3. The third-order valence-corrected chi connectivity index (χ3v) is 4.99. The summed E-state index contributed by atoms with van der Waals surface area (Å²) < 4.78 is 15.3. The lowest BCUT2D eigenvalue weighted by Crippen LogP contribution is -2.47. The van der Waals surface area contributed by atoms with Crippen LogP contribution in [0.1, 0.15) is 18.4 Å². The van der Waals surface area contributed by atoms with E-state index in [1.807, 2.05) is 0 Å². The van der Waals surface area contributed by atoms with Crippen molar-refractivity contribution in [3.05, 3.63) is 68.8 Å². The van der Waals surface area contributed by atoms with Gasteiger partial charge in [-0.25, -0.2) is 4.39 Å². The van der Waals surface area contributed by atoms with Gasteiger partial charge in [-0.2, -0.15) is 0 Å². The smallest absolute Gasteiger partial charge is 0.250 e. The molecule has 4 nitrogen and oxygen atoms in total. The molecule has 0 amide bonds. The molecular formula is C18H20BrFN2O2. The van der Waals surface area contributed by atoms with E-state index in [9.17, 15) is 14.3 Å². The Balaban J connectivity index is 1.60. The highest BCUT2D eigenvalue weighted by Gasteiger charge is 2.32. The second-order valence-corrected chi connectivity index (χ2v) is 7.36. The Labute approximate surface area is 148 Å². The number of likely N-dealkylation sites (tertiary alicyclic amines) is 1. The molecular weight excluding hydrogens is 375 g/mol. The zero-order valence-electron chi connectivity index (χ0n) is 13.3. The minimum Gasteiger partial charge on any atom is -0.388 e. The molecule has 0 unspecified atom stereocenters. The summed E-state index contributed by atoms with van der Waals surface area (Å²) in [6, 6.07) is 9.71. The van der Waals surface area contributed by atoms with Crippen LogP contribution in [0.4, 0.5) is 4.39 Å². The number of hydrogen-bond donors (Lipinski definition) is 1. The molecule has 0 aliphatic carbocycles. The lowest BCUT2D eigenvalue weighted by Gasteiger charge is -2.38. The third-order valence-electron chi connectivity index (χ3n) is 4.52. The summed E-state index contributed by atoms with van der Waals surface area (Å²) in [4.78, 5) is 14.2. The fourth-order valence-electron chi connectivity index (χ4n) is 3.08. The van der Waals surface area contributed by atoms with Gasteiger partial charge in [0.1, 0.15) is 5.82 Å². The van der Waals surface area contributed by atoms with E-state index < -0.39 is 5.60 Å². The van der Waals surface area contributed by atoms with Crippen molar-refractivity contribution in [3.63, 3.8) is 0 Å². The molecule has 0 bridgehead atoms. The Kier molecular flexibility index (Phi) is 5.18. The molecule has 6 heteroatoms. The van der Waals surface area contributed by atoms with Crippen LogP contribution in [-0.4, -0.2) is 33.3 Å². The summed E-state index contributed by atoms with van der Waals surface area (Å²) in [5.41, 5.74) is 0.0783. The minimum absolute atomic E-state index is 0.111. The molecule has 1 fully saturated rings. The molecule has 0 saturated carbocycles. The first-order valence-electron chi connectivity index (χ1n) is 7.99. The van der Waals surface area contributed by atoms with E-state index >= 15 is 0 Å². The summed E-state index contributed by atoms with van der Waals surface area (Å²) in [6.45, 7) is 2.54. The normalized spacial score (nSPS) is 17.8. The highest BCUT2D eigenvalue weighted by Crippen LogP contribution is 2.25. The van der Waals surface area contributed by atoms with Crippen molar-refractivity contribution in [1.29, 1.82) is 0 Å². The predicted molar refractivity (Wildman–Crippen MR) is 94.3 cm³/mol. The molecule has 0 radical (unpaired) electrons. The predicted octanol–water partition coefficient (Wildman–Crippen LogP) is 2.78. The van der Waals surface area contributed by atoms with Crippen LogP contribution >= 0.6 is 15.9 Å². The van der Waals surface area contributed by atoms with Crippen LogP contribution < -0.4 is 5.56 Å². The zero-order chi connectivity index (χ0) is 17.2. The lowest BCUT2D eigenvalue weighted by molar-refractivity contribution is -0.0364. The molecule has 1 N–H and O–H groups in total. The number of halogens is 2. The maximum Gasteiger partial charge on any atom is 0.250 e. The molecule has 2 heterocycles. The molecule has 0 atom stereocenters. The van der Waals surface area contributed by atoms with Gasteiger partial charge in [0, 0.05) is 36.4 Å². The Morgan fingerprint density at radius 1 is 1.12 bits per heavy atom. The fraction of sp³-hybridized carbons (Fsp3) is 0.389. The monoisotopic (exact) mass is 394 g/mol. The Morgan fingerprint density at radius 2 is 1.79 bits per heavy atom. The molecule has 1 saturated heterocycles. The van der Waals surface area contributed by atoms with Crippen LogP contribution in [0.25, 0.3) is 0 Å². The van der Waals surface area contributed by atoms with E-state index in [-0.39, 0.29) is 11.4 Å². The lowest BCUT2D eigenvalue weighted by atomic mass is 9.91. The number of benzene rings is 1. The van der Waals surface area contributed by atoms with Crippen molar-refractivity contribution >= 4 is 15.9 Å². The van der Waals surface area contributed by atoms with Crippen LogP contribution in [0.2, 0.25) is 0 Å². The molecule has 3 rings (SSSR count). The van der Waals surface area contributed by atoms with Gasteiger partial charge in [-0.15, -0.1) is 0 Å². The van der Waals surface area contributed by atoms with Crippen LogP contribution in [0.15, 0.2) is 51.9 Å². The molecule has 24 heavy (non-hydrogen) atoms. The minimum atomic E-state index is -0.871. The van der Waals surface area contributed by atoms with E-state index in [0.29, 0.717) is 19.4 Å². The van der Waals surface area contributed by atoms with E-state index in [1.165, 1.54) is 18.2 Å². The van der Waals surface area contributed by atoms with Crippen LogP contribution in [0.3, 0.4) is 0 Å². The molecule has 1 aliphatic rings. The second-order valence-electron chi connectivity index (χ2n) is 6.44. The van der Waals surface area contributed by atoms with E-state index in [1.54, 1.807) is 29.0 Å². The first-order valence-corrected chi connectivity index (χ1v) is 8.78. The van der Waals surface area contributed by atoms with Gasteiger partial charge < -0.3 is 9.67 Å². The van der Waals surface area contributed by atoms with Gasteiger partial charge in [-0.05, 0) is 52.5 Å². The topological polar surface area (TPSA) is 45.5 Å². The average molecular weight is 395 g/mol. The number of hydrogen-bond acceptors (Lipinski definition) is 3. The highest BCUT2D eigenvalue weighted by molar-refractivity contribution is 9.10. The summed E-state index contributed by atoms with van der Waals surface area (Å²) >= 11 is 3.35. The molecule has 0 spiro atoms. The first-order chi connectivity index (χ1) is 11.4. The van der Waals surface area contributed by atoms with Crippen molar-refractivity contribution in [3.8, 4) is 0 Å². The molecule has 1 aromatic heterocycles. The van der Waals surface area contributed by atoms with Gasteiger partial charge in [0.05, 0.1) is 12.1 Å². The molecule has 1 aromatic carbocycles. The van der Waals surface area contributed by atoms with E-state index in [2.05, 4.69) is 20.8 Å². The standard InChI is InChI=1S/C18H20BrFN2O2/c19-15-3-6-17(23)22(12-15)13-18(24)7-9-21(10-8-18)11-14-1-4-16(20)5-2-14/h1-6,12,24H,7-11,13H2. The van der Waals surface area contributed by atoms with Crippen molar-refractivity contribution < 1.29 is 9.50 Å². The molecule has 2 aromatic rings. The second kappa shape index (κ2) is 7.17. The van der Waals surface area contributed by atoms with Gasteiger partial charge >= 0.3 is 0 Å². The van der Waals surface area contributed by atoms with Crippen molar-refractivity contribution in [2.24, 2.45) is 0 Å². The number of rotatable bonds is 4. The van der Waals surface area contributed by atoms with E-state index in [0.717, 1.165) is 29.7 Å². The number of piperidine rings is 1. The summed E-state index contributed by atoms with van der Waals surface area (Å²) in [5.74, 6) is -0.230. The van der Waals surface area contributed by atoms with Gasteiger partial charge in [-0.3, -0.25) is 9.69 Å². The SMILES string of the molecule is O=c1ccc(Br)cn1CC1(O)CCN(Cc2ccc(F)cc2)CC1. The maximum absolute atomic E-state index is 13.0. The summed E-state index contributed by atoms with van der Waals surface area (Å²) in [5, 5.41) is 10.8. The van der Waals surface area contributed by atoms with Gasteiger partial charge in [0.2, 0.25) is 0 Å². The fourth-order valence-corrected chi connectivity index (χ4v) is 3.46. The van der Waals surface area contributed by atoms with Gasteiger partial charge in [-0.1, -0.05) is 12.1 Å². The Morgan fingerprint density at radius 3 is 2.46 bits per heavy atom. The maximum atomic E-state index is 13.0. The van der Waals surface area contributed by atoms with Crippen molar-refractivity contribution in [2.75, 3.05) is 13.1 Å². The Hall–Kier alpha value is -1.50. The highest BCUT2D eigenvalue weighted by atomic mass is 79.9. The Bertz CT molecular complexity index is 752. The third kappa shape index (κ3) is 4.32. The quantitative estimate of drug-likeness (QED) is 0.866. The number of pyridine rings is 1. The molecule has 128 valence electrons. The van der Waals surface area contributed by atoms with E-state index in [4.69, 9.17) is 0 Å². The summed E-state index contributed by atoms with van der Waals surface area (Å²) in [7, 11) is 0.